The van der Waals surface area contributed by atoms with Gasteiger partial charge < -0.3 is 19.7 Å². The molecule has 2 unspecified atom stereocenters. The molecular weight excluding hydrogens is 705 g/mol. The number of rotatable bonds is 16. The molecule has 6 aliphatic carbocycles. The normalized spacial score (nSPS) is 33.4. The molecule has 312 valence electrons. The summed E-state index contributed by atoms with van der Waals surface area (Å²) in [4.78, 5) is 5.81. The van der Waals surface area contributed by atoms with Crippen LogP contribution in [0.4, 0.5) is 0 Å². The number of fused-ring (bicyclic) bond motifs is 2. The summed E-state index contributed by atoms with van der Waals surface area (Å²) in [5, 5.41) is 21.8. The zero-order chi connectivity index (χ0) is 38.4. The first kappa shape index (κ1) is 39.0. The number of aliphatic hydroxyl groups is 2. The first-order valence-corrected chi connectivity index (χ1v) is 24.3. The van der Waals surface area contributed by atoms with Gasteiger partial charge in [0.15, 0.2) is 0 Å². The monoisotopic (exact) mass is 779 g/mol. The summed E-state index contributed by atoms with van der Waals surface area (Å²) in [6, 6.07) is 15.3. The highest BCUT2D eigenvalue weighted by Gasteiger charge is 2.55. The summed E-state index contributed by atoms with van der Waals surface area (Å²) in [6.07, 6.45) is 28.0. The van der Waals surface area contributed by atoms with E-state index in [1.165, 1.54) is 142 Å². The number of hydrogen-bond acceptors (Lipinski definition) is 6. The molecule has 4 bridgehead atoms. The van der Waals surface area contributed by atoms with Crippen LogP contribution in [-0.4, -0.2) is 83.7 Å². The summed E-state index contributed by atoms with van der Waals surface area (Å²) in [5.41, 5.74) is 6.94. The molecule has 2 N–H and O–H groups in total. The van der Waals surface area contributed by atoms with Gasteiger partial charge in [0.1, 0.15) is 24.7 Å². The van der Waals surface area contributed by atoms with Crippen LogP contribution in [0.1, 0.15) is 157 Å². The predicted octanol–water partition coefficient (Wildman–Crippen LogP) is 9.53. The molecule has 2 aromatic carbocycles. The van der Waals surface area contributed by atoms with Crippen molar-refractivity contribution in [3.63, 3.8) is 0 Å². The van der Waals surface area contributed by atoms with E-state index in [0.29, 0.717) is 24.0 Å². The Labute approximate surface area is 344 Å². The Morgan fingerprint density at radius 1 is 0.561 bits per heavy atom. The average Bonchev–Trinajstić information content (AvgIpc) is 3.20. The third-order valence-corrected chi connectivity index (χ3v) is 17.7. The van der Waals surface area contributed by atoms with Crippen molar-refractivity contribution in [1.82, 2.24) is 9.80 Å². The van der Waals surface area contributed by atoms with Gasteiger partial charge in [-0.1, -0.05) is 69.9 Å². The average molecular weight is 779 g/mol. The molecule has 2 heterocycles. The lowest BCUT2D eigenvalue weighted by atomic mass is 9.52. The van der Waals surface area contributed by atoms with Crippen molar-refractivity contribution in [2.75, 3.05) is 39.4 Å². The topological polar surface area (TPSA) is 65.4 Å². The minimum Gasteiger partial charge on any atom is -0.491 e. The van der Waals surface area contributed by atoms with Crippen LogP contribution in [-0.2, 0) is 23.7 Å². The van der Waals surface area contributed by atoms with Gasteiger partial charge in [0.2, 0.25) is 0 Å². The summed E-state index contributed by atoms with van der Waals surface area (Å²) in [6.45, 7) is 5.89. The zero-order valence-corrected chi connectivity index (χ0v) is 35.2. The lowest BCUT2D eigenvalue weighted by Gasteiger charge is -2.59. The van der Waals surface area contributed by atoms with E-state index in [1.807, 2.05) is 0 Å². The summed E-state index contributed by atoms with van der Waals surface area (Å²) < 4.78 is 12.6. The van der Waals surface area contributed by atoms with Gasteiger partial charge in [-0.25, -0.2) is 0 Å². The quantitative estimate of drug-likeness (QED) is 0.166. The van der Waals surface area contributed by atoms with Gasteiger partial charge in [0, 0.05) is 36.0 Å². The van der Waals surface area contributed by atoms with E-state index in [9.17, 15) is 10.2 Å². The van der Waals surface area contributed by atoms with Crippen molar-refractivity contribution in [3.8, 4) is 11.5 Å². The van der Waals surface area contributed by atoms with E-state index < -0.39 is 12.2 Å². The SMILES string of the molecule is OC(CCCCCC(O)COc1ccc2c(c1)[C@@]13CCCC[C@H]1[C@@H](C2)N(CC1CCC1)CC3)COc1ccc2c(c1)[C@@]13CCCC[C@H]1[C@@H](C2)N(CC1CCC1)CC3. The molecule has 57 heavy (non-hydrogen) atoms. The van der Waals surface area contributed by atoms with E-state index in [1.54, 1.807) is 22.3 Å². The molecule has 0 spiro atoms. The van der Waals surface area contributed by atoms with E-state index in [4.69, 9.17) is 9.47 Å². The van der Waals surface area contributed by atoms with Gasteiger partial charge in [0.05, 0.1) is 12.2 Å². The van der Waals surface area contributed by atoms with Crippen molar-refractivity contribution >= 4 is 0 Å². The van der Waals surface area contributed by atoms with Crippen molar-refractivity contribution in [2.45, 2.75) is 183 Å². The van der Waals surface area contributed by atoms with Gasteiger partial charge in [-0.3, -0.25) is 9.80 Å². The lowest BCUT2D eigenvalue weighted by Crippen LogP contribution is -2.61. The Bertz CT molecular complexity index is 1570. The van der Waals surface area contributed by atoms with Gasteiger partial charge in [-0.05, 0) is 173 Å². The van der Waals surface area contributed by atoms with E-state index >= 15 is 0 Å². The molecule has 2 aliphatic heterocycles. The van der Waals surface area contributed by atoms with Crippen LogP contribution in [0.5, 0.6) is 11.5 Å². The number of ether oxygens (including phenoxy) is 2. The van der Waals surface area contributed by atoms with Crippen LogP contribution in [0.25, 0.3) is 0 Å². The Balaban J connectivity index is 0.666. The molecule has 10 rings (SSSR count). The molecule has 2 aromatic rings. The molecular formula is C51H74N2O4. The van der Waals surface area contributed by atoms with E-state index in [0.717, 1.165) is 79.4 Å². The molecule has 2 saturated heterocycles. The van der Waals surface area contributed by atoms with Crippen LogP contribution >= 0.6 is 0 Å². The first-order chi connectivity index (χ1) is 28.0. The third-order valence-electron chi connectivity index (χ3n) is 17.7. The molecule has 8 aliphatic rings. The molecule has 6 fully saturated rings. The fourth-order valence-corrected chi connectivity index (χ4v) is 14.3. The number of aliphatic hydroxyl groups excluding tert-OH is 2. The molecule has 8 atom stereocenters. The maximum absolute atomic E-state index is 10.9. The maximum Gasteiger partial charge on any atom is 0.119 e. The summed E-state index contributed by atoms with van der Waals surface area (Å²) in [7, 11) is 0. The molecule has 6 nitrogen and oxygen atoms in total. The number of nitrogens with zero attached hydrogens (tertiary/aromatic N) is 2. The van der Waals surface area contributed by atoms with Gasteiger partial charge in [-0.15, -0.1) is 0 Å². The maximum atomic E-state index is 10.9. The Morgan fingerprint density at radius 2 is 1.04 bits per heavy atom. The highest BCUT2D eigenvalue weighted by Crippen LogP contribution is 2.58. The van der Waals surface area contributed by atoms with Gasteiger partial charge in [-0.2, -0.15) is 0 Å². The number of hydrogen-bond donors (Lipinski definition) is 2. The van der Waals surface area contributed by atoms with Crippen molar-refractivity contribution in [2.24, 2.45) is 23.7 Å². The van der Waals surface area contributed by atoms with Gasteiger partial charge >= 0.3 is 0 Å². The molecule has 0 radical (unpaired) electrons. The second-order valence-electron chi connectivity index (χ2n) is 20.8. The predicted molar refractivity (Wildman–Crippen MR) is 228 cm³/mol. The van der Waals surface area contributed by atoms with Crippen LogP contribution < -0.4 is 9.47 Å². The number of piperidine rings is 2. The standard InChI is InChI=1S/C51H74N2O4/c54-40(34-56-42-20-18-38-28-48-44-16-4-6-22-50(44,46(38)30-42)24-26-52(48)32-36-10-8-11-36)14-2-1-3-15-41(55)35-57-43-21-19-39-29-49-45-17-5-7-23-51(45,47(39)31-43)25-27-53(49)33-37-12-9-13-37/h18-21,30-31,36-37,40-41,44-45,48-49,54-55H,1-17,22-29,32-35H2/t40?,41?,44-,45-,48+,49+,50+,51+/m0/s1. The van der Waals surface area contributed by atoms with Crippen molar-refractivity contribution in [1.29, 1.82) is 0 Å². The second kappa shape index (κ2) is 16.7. The van der Waals surface area contributed by atoms with Crippen LogP contribution in [0.2, 0.25) is 0 Å². The van der Waals surface area contributed by atoms with E-state index in [-0.39, 0.29) is 0 Å². The lowest BCUT2D eigenvalue weighted by molar-refractivity contribution is -0.0241. The zero-order valence-electron chi connectivity index (χ0n) is 35.2. The van der Waals surface area contributed by atoms with Crippen LogP contribution in [0.15, 0.2) is 36.4 Å². The van der Waals surface area contributed by atoms with Crippen LogP contribution in [0.3, 0.4) is 0 Å². The highest BCUT2D eigenvalue weighted by molar-refractivity contribution is 5.47. The fourth-order valence-electron chi connectivity index (χ4n) is 14.3. The first-order valence-electron chi connectivity index (χ1n) is 24.3. The fraction of sp³-hybridized carbons (Fsp3) is 0.765. The molecule has 4 saturated carbocycles. The van der Waals surface area contributed by atoms with Crippen molar-refractivity contribution < 1.29 is 19.7 Å². The Morgan fingerprint density at radius 3 is 1.47 bits per heavy atom. The number of unbranched alkanes of at least 4 members (excludes halogenated alkanes) is 2. The number of likely N-dealkylation sites (tertiary alicyclic amines) is 2. The Hall–Kier alpha value is -2.12. The molecule has 0 amide bonds. The molecule has 6 heteroatoms. The van der Waals surface area contributed by atoms with E-state index in [2.05, 4.69) is 46.2 Å². The minimum absolute atomic E-state index is 0.329. The number of benzene rings is 2. The largest absolute Gasteiger partial charge is 0.491 e. The highest BCUT2D eigenvalue weighted by atomic mass is 16.5. The molecule has 0 aromatic heterocycles. The van der Waals surface area contributed by atoms with Crippen LogP contribution in [0, 0.1) is 23.7 Å². The summed E-state index contributed by atoms with van der Waals surface area (Å²) >= 11 is 0. The third kappa shape index (κ3) is 7.63. The Kier molecular flexibility index (Phi) is 11.5. The second-order valence-corrected chi connectivity index (χ2v) is 20.8. The van der Waals surface area contributed by atoms with Gasteiger partial charge in [0.25, 0.3) is 0 Å². The minimum atomic E-state index is -0.466. The summed E-state index contributed by atoms with van der Waals surface area (Å²) in [5.74, 6) is 5.35. The smallest absolute Gasteiger partial charge is 0.119 e. The van der Waals surface area contributed by atoms with Crippen molar-refractivity contribution in [3.05, 3.63) is 58.7 Å².